The van der Waals surface area contributed by atoms with Crippen LogP contribution in [-0.2, 0) is 10.8 Å². The van der Waals surface area contributed by atoms with Gasteiger partial charge >= 0.3 is 0 Å². The molecule has 0 atom stereocenters. The lowest BCUT2D eigenvalue weighted by molar-refractivity contribution is 0.662. The molecule has 0 fully saturated rings. The summed E-state index contributed by atoms with van der Waals surface area (Å²) < 4.78 is 2.62. The third-order valence-electron chi connectivity index (χ3n) is 13.9. The molecule has 10 aromatic rings. The molecule has 1 spiro atoms. The Morgan fingerprint density at radius 2 is 0.817 bits per heavy atom. The molecule has 0 aliphatic heterocycles. The number of anilines is 3. The molecule has 0 bridgehead atoms. The third-order valence-corrected chi connectivity index (χ3v) is 15.0. The number of nitrogens with zero attached hydrogens (tertiary/aromatic N) is 1. The summed E-state index contributed by atoms with van der Waals surface area (Å²) in [6.07, 6.45) is 0. The predicted octanol–water partition coefficient (Wildman–Crippen LogP) is 15.8. The van der Waals surface area contributed by atoms with Crippen molar-refractivity contribution in [3.05, 3.63) is 234 Å². The molecule has 0 radical (unpaired) electrons. The maximum Gasteiger partial charge on any atom is 0.0726 e. The molecule has 3 aliphatic carbocycles. The minimum Gasteiger partial charge on any atom is -0.310 e. The second-order valence-corrected chi connectivity index (χ2v) is 18.2. The van der Waals surface area contributed by atoms with Crippen molar-refractivity contribution in [2.75, 3.05) is 4.90 Å². The first-order chi connectivity index (χ1) is 29.5. The largest absolute Gasteiger partial charge is 0.310 e. The number of rotatable bonds is 4. The Morgan fingerprint density at radius 1 is 0.350 bits per heavy atom. The Bertz CT molecular complexity index is 3370. The smallest absolute Gasteiger partial charge is 0.0726 e. The van der Waals surface area contributed by atoms with E-state index in [1.807, 2.05) is 11.3 Å². The highest BCUT2D eigenvalue weighted by atomic mass is 32.1. The topological polar surface area (TPSA) is 3.24 Å². The van der Waals surface area contributed by atoms with Gasteiger partial charge in [0.05, 0.1) is 11.1 Å². The lowest BCUT2D eigenvalue weighted by Gasteiger charge is -2.33. The first-order valence-corrected chi connectivity index (χ1v) is 21.8. The first-order valence-electron chi connectivity index (χ1n) is 21.0. The molecule has 0 N–H and O–H groups in total. The molecule has 9 aromatic carbocycles. The third kappa shape index (κ3) is 4.36. The van der Waals surface area contributed by atoms with Crippen LogP contribution in [0.15, 0.2) is 200 Å². The molecule has 0 unspecified atom stereocenters. The van der Waals surface area contributed by atoms with Gasteiger partial charge in [-0.05, 0) is 115 Å². The fourth-order valence-corrected chi connectivity index (χ4v) is 12.6. The summed E-state index contributed by atoms with van der Waals surface area (Å²) in [5.41, 5.74) is 21.4. The van der Waals surface area contributed by atoms with Gasteiger partial charge in [0.25, 0.3) is 0 Å². The predicted molar refractivity (Wildman–Crippen MR) is 253 cm³/mol. The Morgan fingerprint density at radius 3 is 1.50 bits per heavy atom. The van der Waals surface area contributed by atoms with Crippen LogP contribution >= 0.6 is 11.3 Å². The van der Waals surface area contributed by atoms with Crippen molar-refractivity contribution in [3.63, 3.8) is 0 Å². The highest BCUT2D eigenvalue weighted by Gasteiger charge is 2.51. The van der Waals surface area contributed by atoms with Gasteiger partial charge in [0, 0.05) is 42.5 Å². The molecule has 60 heavy (non-hydrogen) atoms. The van der Waals surface area contributed by atoms with Crippen LogP contribution in [0.3, 0.4) is 0 Å². The Hall–Kier alpha value is -7.00. The number of benzene rings is 9. The van der Waals surface area contributed by atoms with E-state index < -0.39 is 5.41 Å². The van der Waals surface area contributed by atoms with Gasteiger partial charge in [-0.2, -0.15) is 0 Å². The molecule has 0 saturated heterocycles. The first kappa shape index (κ1) is 33.9. The van der Waals surface area contributed by atoms with E-state index in [2.05, 4.69) is 219 Å². The van der Waals surface area contributed by atoms with Crippen molar-refractivity contribution >= 4 is 48.6 Å². The van der Waals surface area contributed by atoms with Gasteiger partial charge in [-0.15, -0.1) is 11.3 Å². The Balaban J connectivity index is 1.10. The van der Waals surface area contributed by atoms with Crippen LogP contribution < -0.4 is 4.90 Å². The molecule has 1 aromatic heterocycles. The fraction of sp³-hybridized carbons (Fsp3) is 0.0690. The van der Waals surface area contributed by atoms with Crippen molar-refractivity contribution < 1.29 is 0 Å². The number of thiophene rings is 1. The van der Waals surface area contributed by atoms with E-state index in [-0.39, 0.29) is 5.41 Å². The summed E-state index contributed by atoms with van der Waals surface area (Å²) >= 11 is 1.87. The SMILES string of the molecule is CC1(C)c2ccccc2-c2cccc(-c3ccccc3N(c3ccc4c(c3)C3(c5ccccc5-c5ccccc53)c3ccccc3-4)c3ccc4sc5ccccc5c4c3)c21. The zero-order valence-electron chi connectivity index (χ0n) is 33.4. The molecule has 1 nitrogen and oxygen atoms in total. The van der Waals surface area contributed by atoms with Crippen LogP contribution in [0, 0.1) is 0 Å². The molecule has 0 amide bonds. The molecule has 1 heterocycles. The average Bonchev–Trinajstić information content (AvgIpc) is 3.99. The molecular formula is C58H39NS. The van der Waals surface area contributed by atoms with Gasteiger partial charge in [-0.25, -0.2) is 0 Å². The van der Waals surface area contributed by atoms with Crippen LogP contribution in [0.4, 0.5) is 17.1 Å². The van der Waals surface area contributed by atoms with Crippen LogP contribution in [0.2, 0.25) is 0 Å². The summed E-state index contributed by atoms with van der Waals surface area (Å²) in [7, 11) is 0. The molecular weight excluding hydrogens is 743 g/mol. The van der Waals surface area contributed by atoms with Gasteiger partial charge in [0.1, 0.15) is 0 Å². The zero-order valence-corrected chi connectivity index (χ0v) is 34.2. The Kier molecular flexibility index (Phi) is 6.94. The normalized spacial score (nSPS) is 14.4. The molecule has 13 rings (SSSR count). The number of hydrogen-bond donors (Lipinski definition) is 0. The van der Waals surface area contributed by atoms with Gasteiger partial charge in [0.2, 0.25) is 0 Å². The maximum absolute atomic E-state index is 2.54. The molecule has 0 saturated carbocycles. The summed E-state index contributed by atoms with van der Waals surface area (Å²) in [5, 5.41) is 2.59. The number of para-hydroxylation sites is 1. The second kappa shape index (κ2) is 12.3. The average molecular weight is 782 g/mol. The van der Waals surface area contributed by atoms with Crippen molar-refractivity contribution in [1.82, 2.24) is 0 Å². The molecule has 282 valence electrons. The zero-order chi connectivity index (χ0) is 39.7. The summed E-state index contributed by atoms with van der Waals surface area (Å²) in [6, 6.07) is 75.5. The molecule has 2 heteroatoms. The summed E-state index contributed by atoms with van der Waals surface area (Å²) in [5.74, 6) is 0. The van der Waals surface area contributed by atoms with E-state index in [0.717, 1.165) is 17.1 Å². The fourth-order valence-electron chi connectivity index (χ4n) is 11.5. The highest BCUT2D eigenvalue weighted by Crippen LogP contribution is 2.63. The Labute approximate surface area is 354 Å². The lowest BCUT2D eigenvalue weighted by atomic mass is 9.70. The molecule has 3 aliphatic rings. The van der Waals surface area contributed by atoms with E-state index >= 15 is 0 Å². The van der Waals surface area contributed by atoms with Crippen LogP contribution in [0.1, 0.15) is 47.2 Å². The van der Waals surface area contributed by atoms with Crippen molar-refractivity contribution in [1.29, 1.82) is 0 Å². The van der Waals surface area contributed by atoms with E-state index in [1.165, 1.54) is 98.1 Å². The van der Waals surface area contributed by atoms with Crippen LogP contribution in [0.25, 0.3) is 64.7 Å². The van der Waals surface area contributed by atoms with Crippen molar-refractivity contribution in [3.8, 4) is 44.5 Å². The van der Waals surface area contributed by atoms with Crippen LogP contribution in [0.5, 0.6) is 0 Å². The standard InChI is InChI=1S/C58H39NS/c1-57(2)48-24-9-3-19-41(48)45-22-15-23-46(56(45)57)43-20-7-13-28-53(43)59(36-31-33-55-47(34-36)44-21-8-14-29-54(44)60-55)37-30-32-42-40-18-6-12-27-51(40)58(52(42)35-37)49-25-10-4-16-38(49)39-17-5-11-26-50(39)58/h3-35H,1-2H3. The summed E-state index contributed by atoms with van der Waals surface area (Å²) in [4.78, 5) is 2.54. The van der Waals surface area contributed by atoms with E-state index in [0.29, 0.717) is 0 Å². The minimum absolute atomic E-state index is 0.163. The van der Waals surface area contributed by atoms with Crippen molar-refractivity contribution in [2.45, 2.75) is 24.7 Å². The summed E-state index contributed by atoms with van der Waals surface area (Å²) in [6.45, 7) is 4.79. The van der Waals surface area contributed by atoms with E-state index in [9.17, 15) is 0 Å². The maximum atomic E-state index is 2.54. The minimum atomic E-state index is -0.441. The van der Waals surface area contributed by atoms with Gasteiger partial charge in [0.15, 0.2) is 0 Å². The van der Waals surface area contributed by atoms with Crippen LogP contribution in [-0.4, -0.2) is 0 Å². The number of hydrogen-bond acceptors (Lipinski definition) is 2. The van der Waals surface area contributed by atoms with E-state index in [1.54, 1.807) is 0 Å². The lowest BCUT2D eigenvalue weighted by Crippen LogP contribution is -2.26. The van der Waals surface area contributed by atoms with E-state index in [4.69, 9.17) is 0 Å². The van der Waals surface area contributed by atoms with Crippen molar-refractivity contribution in [2.24, 2.45) is 0 Å². The van der Waals surface area contributed by atoms with Gasteiger partial charge < -0.3 is 4.90 Å². The number of fused-ring (bicyclic) bond motifs is 16. The second-order valence-electron chi connectivity index (χ2n) is 17.1. The van der Waals surface area contributed by atoms with Gasteiger partial charge in [-0.1, -0.05) is 172 Å². The quantitative estimate of drug-likeness (QED) is 0.172. The highest BCUT2D eigenvalue weighted by molar-refractivity contribution is 7.25. The monoisotopic (exact) mass is 781 g/mol. The van der Waals surface area contributed by atoms with Gasteiger partial charge in [-0.3, -0.25) is 0 Å².